The van der Waals surface area contributed by atoms with Crippen LogP contribution >= 0.6 is 0 Å². The zero-order valence-corrected chi connectivity index (χ0v) is 11.3. The predicted molar refractivity (Wildman–Crippen MR) is 68.4 cm³/mol. The van der Waals surface area contributed by atoms with Crippen LogP contribution in [0, 0.1) is 17.3 Å². The number of amides is 1. The van der Waals surface area contributed by atoms with Gasteiger partial charge in [-0.25, -0.2) is 0 Å². The number of nitrogens with one attached hydrogen (secondary N) is 2. The summed E-state index contributed by atoms with van der Waals surface area (Å²) in [6.07, 6.45) is 3.81. The van der Waals surface area contributed by atoms with E-state index in [1.54, 1.807) is 6.20 Å². The number of rotatable bonds is 4. The normalized spacial score (nSPS) is 24.4. The second-order valence-electron chi connectivity index (χ2n) is 5.75. The van der Waals surface area contributed by atoms with Crippen LogP contribution in [0.5, 0.6) is 0 Å². The van der Waals surface area contributed by atoms with Gasteiger partial charge in [0.2, 0.25) is 5.91 Å². The molecule has 98 valence electrons. The van der Waals surface area contributed by atoms with Gasteiger partial charge in [-0.05, 0) is 25.2 Å². The molecule has 2 N–H and O–H groups in total. The van der Waals surface area contributed by atoms with Crippen LogP contribution < -0.4 is 5.32 Å². The van der Waals surface area contributed by atoms with Crippen molar-refractivity contribution >= 4 is 5.91 Å². The number of hydrogen-bond donors (Lipinski definition) is 2. The molecule has 18 heavy (non-hydrogen) atoms. The molecule has 1 aliphatic rings. The SMILES string of the molecule is CC(C)=C[C@@H]1[C@@H](C(=O)NCc2cn[nH]n2)C1(C)C. The van der Waals surface area contributed by atoms with E-state index >= 15 is 0 Å². The number of H-pyrrole nitrogens is 1. The summed E-state index contributed by atoms with van der Waals surface area (Å²) in [6.45, 7) is 8.84. The van der Waals surface area contributed by atoms with Crippen molar-refractivity contribution in [2.75, 3.05) is 0 Å². The Hall–Kier alpha value is -1.65. The van der Waals surface area contributed by atoms with Gasteiger partial charge >= 0.3 is 0 Å². The van der Waals surface area contributed by atoms with Gasteiger partial charge in [0.05, 0.1) is 18.7 Å². The molecule has 0 aromatic carbocycles. The first-order chi connectivity index (χ1) is 8.43. The Bertz CT molecular complexity index is 457. The van der Waals surface area contributed by atoms with Gasteiger partial charge in [0.15, 0.2) is 0 Å². The number of nitrogens with zero attached hydrogens (tertiary/aromatic N) is 2. The van der Waals surface area contributed by atoms with Crippen LogP contribution in [0.15, 0.2) is 17.8 Å². The molecule has 2 atom stereocenters. The molecule has 0 bridgehead atoms. The predicted octanol–water partition coefficient (Wildman–Crippen LogP) is 1.66. The lowest BCUT2D eigenvalue weighted by Gasteiger charge is -2.03. The molecule has 0 unspecified atom stereocenters. The van der Waals surface area contributed by atoms with Gasteiger partial charge in [0.1, 0.15) is 5.69 Å². The number of allylic oxidation sites excluding steroid dienone is 2. The number of carbonyl (C=O) groups excluding carboxylic acids is 1. The number of aromatic nitrogens is 3. The van der Waals surface area contributed by atoms with Crippen molar-refractivity contribution in [3.63, 3.8) is 0 Å². The summed E-state index contributed by atoms with van der Waals surface area (Å²) in [6, 6.07) is 0. The zero-order valence-electron chi connectivity index (χ0n) is 11.3. The van der Waals surface area contributed by atoms with E-state index in [0.29, 0.717) is 12.5 Å². The summed E-state index contributed by atoms with van der Waals surface area (Å²) in [5.41, 5.74) is 2.07. The molecule has 0 spiro atoms. The van der Waals surface area contributed by atoms with Crippen molar-refractivity contribution in [3.05, 3.63) is 23.5 Å². The van der Waals surface area contributed by atoms with E-state index in [2.05, 4.69) is 54.5 Å². The van der Waals surface area contributed by atoms with Crippen LogP contribution in [0.3, 0.4) is 0 Å². The van der Waals surface area contributed by atoms with Gasteiger partial charge in [0, 0.05) is 0 Å². The lowest BCUT2D eigenvalue weighted by Crippen LogP contribution is -2.26. The monoisotopic (exact) mass is 248 g/mol. The summed E-state index contributed by atoms with van der Waals surface area (Å²) in [7, 11) is 0. The van der Waals surface area contributed by atoms with Gasteiger partial charge in [-0.1, -0.05) is 25.5 Å². The third-order valence-corrected chi connectivity index (χ3v) is 3.61. The Balaban J connectivity index is 1.92. The average Bonchev–Trinajstić information content (AvgIpc) is 2.70. The smallest absolute Gasteiger partial charge is 0.224 e. The third kappa shape index (κ3) is 2.44. The van der Waals surface area contributed by atoms with E-state index < -0.39 is 0 Å². The largest absolute Gasteiger partial charge is 0.350 e. The number of aromatic amines is 1. The molecular weight excluding hydrogens is 228 g/mol. The molecule has 1 saturated carbocycles. The van der Waals surface area contributed by atoms with Gasteiger partial charge < -0.3 is 5.32 Å². The molecule has 0 aliphatic heterocycles. The first kappa shape index (κ1) is 12.8. The minimum atomic E-state index is 0.0607. The first-order valence-electron chi connectivity index (χ1n) is 6.20. The van der Waals surface area contributed by atoms with Gasteiger partial charge in [-0.15, -0.1) is 0 Å². The van der Waals surface area contributed by atoms with Crippen molar-refractivity contribution in [2.24, 2.45) is 17.3 Å². The maximum absolute atomic E-state index is 12.1. The molecule has 1 amide bonds. The Kier molecular flexibility index (Phi) is 3.24. The average molecular weight is 248 g/mol. The minimum Gasteiger partial charge on any atom is -0.350 e. The van der Waals surface area contributed by atoms with Crippen LogP contribution in [-0.2, 0) is 11.3 Å². The van der Waals surface area contributed by atoms with Crippen molar-refractivity contribution in [1.29, 1.82) is 0 Å². The van der Waals surface area contributed by atoms with Gasteiger partial charge in [0.25, 0.3) is 0 Å². The van der Waals surface area contributed by atoms with Gasteiger partial charge in [-0.3, -0.25) is 4.79 Å². The first-order valence-corrected chi connectivity index (χ1v) is 6.20. The Morgan fingerprint density at radius 3 is 2.83 bits per heavy atom. The van der Waals surface area contributed by atoms with Crippen LogP contribution in [0.25, 0.3) is 0 Å². The standard InChI is InChI=1S/C13H20N4O/c1-8(2)5-10-11(13(10,3)4)12(18)14-6-9-7-15-17-16-9/h5,7,10-11H,6H2,1-4H3,(H,14,18)(H,15,16,17)/t10-,11+/m1/s1. The van der Waals surface area contributed by atoms with E-state index in [4.69, 9.17) is 0 Å². The van der Waals surface area contributed by atoms with E-state index in [9.17, 15) is 4.79 Å². The van der Waals surface area contributed by atoms with Crippen LogP contribution in [0.2, 0.25) is 0 Å². The zero-order chi connectivity index (χ0) is 13.3. The fourth-order valence-electron chi connectivity index (χ4n) is 2.45. The lowest BCUT2D eigenvalue weighted by molar-refractivity contribution is -0.123. The van der Waals surface area contributed by atoms with Crippen LogP contribution in [0.1, 0.15) is 33.4 Å². The second-order valence-corrected chi connectivity index (χ2v) is 5.75. The van der Waals surface area contributed by atoms with Crippen LogP contribution in [0.4, 0.5) is 0 Å². The summed E-state index contributed by atoms with van der Waals surface area (Å²) in [4.78, 5) is 12.1. The highest BCUT2D eigenvalue weighted by atomic mass is 16.2. The molecule has 5 heteroatoms. The molecule has 1 fully saturated rings. The summed E-state index contributed by atoms with van der Waals surface area (Å²) in [5.74, 6) is 0.518. The topological polar surface area (TPSA) is 70.7 Å². The third-order valence-electron chi connectivity index (χ3n) is 3.61. The second kappa shape index (κ2) is 4.55. The van der Waals surface area contributed by atoms with Crippen molar-refractivity contribution in [1.82, 2.24) is 20.7 Å². The van der Waals surface area contributed by atoms with Crippen molar-refractivity contribution in [2.45, 2.75) is 34.2 Å². The molecular formula is C13H20N4O. The van der Waals surface area contributed by atoms with E-state index in [1.165, 1.54) is 5.57 Å². The molecule has 1 aromatic rings. The highest BCUT2D eigenvalue weighted by molar-refractivity contribution is 5.83. The maximum Gasteiger partial charge on any atom is 0.224 e. The Morgan fingerprint density at radius 1 is 1.56 bits per heavy atom. The van der Waals surface area contributed by atoms with E-state index in [0.717, 1.165) is 5.69 Å². The van der Waals surface area contributed by atoms with E-state index in [1.807, 2.05) is 0 Å². The Labute approximate surface area is 107 Å². The van der Waals surface area contributed by atoms with Crippen LogP contribution in [-0.4, -0.2) is 21.3 Å². The number of carbonyl (C=O) groups is 1. The van der Waals surface area contributed by atoms with Crippen molar-refractivity contribution in [3.8, 4) is 0 Å². The minimum absolute atomic E-state index is 0.0607. The molecule has 0 radical (unpaired) electrons. The van der Waals surface area contributed by atoms with Crippen molar-refractivity contribution < 1.29 is 4.79 Å². The molecule has 1 aromatic heterocycles. The summed E-state index contributed by atoms with van der Waals surface area (Å²) in [5, 5.41) is 13.1. The van der Waals surface area contributed by atoms with E-state index in [-0.39, 0.29) is 17.2 Å². The lowest BCUT2D eigenvalue weighted by atomic mass is 10.1. The molecule has 1 heterocycles. The van der Waals surface area contributed by atoms with Gasteiger partial charge in [-0.2, -0.15) is 15.4 Å². The fraction of sp³-hybridized carbons (Fsp3) is 0.615. The fourth-order valence-corrected chi connectivity index (χ4v) is 2.45. The summed E-state index contributed by atoms with van der Waals surface area (Å²) < 4.78 is 0. The quantitative estimate of drug-likeness (QED) is 0.796. The maximum atomic E-state index is 12.1. The molecule has 1 aliphatic carbocycles. The number of hydrogen-bond acceptors (Lipinski definition) is 3. The molecule has 2 rings (SSSR count). The highest BCUT2D eigenvalue weighted by Gasteiger charge is 2.60. The summed E-state index contributed by atoms with van der Waals surface area (Å²) >= 11 is 0. The Morgan fingerprint density at radius 2 is 2.28 bits per heavy atom. The highest BCUT2D eigenvalue weighted by Crippen LogP contribution is 2.59. The molecule has 0 saturated heterocycles. The molecule has 5 nitrogen and oxygen atoms in total.